The van der Waals surface area contributed by atoms with Gasteiger partial charge in [-0.25, -0.2) is 14.4 Å². The highest BCUT2D eigenvalue weighted by atomic mass is 79.9. The minimum Gasteiger partial charge on any atom is -0.383 e. The fraction of sp³-hybridized carbons (Fsp3) is 0.0714. The summed E-state index contributed by atoms with van der Waals surface area (Å²) < 4.78 is 27.7. The molecule has 0 atom stereocenters. The molecule has 2 aromatic heterocycles. The molecule has 0 amide bonds. The van der Waals surface area contributed by atoms with Crippen molar-refractivity contribution in [3.8, 4) is 11.1 Å². The first-order chi connectivity index (χ1) is 10.4. The zero-order chi connectivity index (χ0) is 16.0. The molecule has 0 radical (unpaired) electrons. The van der Waals surface area contributed by atoms with Crippen LogP contribution in [0.25, 0.3) is 22.0 Å². The Morgan fingerprint density at radius 2 is 1.95 bits per heavy atom. The number of hydrogen-bond acceptors (Lipinski definition) is 4. The summed E-state index contributed by atoms with van der Waals surface area (Å²) in [6.07, 6.45) is 0. The molecule has 22 heavy (non-hydrogen) atoms. The van der Waals surface area contributed by atoms with Crippen molar-refractivity contribution in [1.82, 2.24) is 15.0 Å². The molecule has 3 N–H and O–H groups in total. The molecule has 0 saturated heterocycles. The first kappa shape index (κ1) is 14.6. The average Bonchev–Trinajstić information content (AvgIpc) is 2.41. The summed E-state index contributed by atoms with van der Waals surface area (Å²) in [5, 5.41) is -0.137. The number of nitrogens with two attached hydrogens (primary N) is 1. The minimum atomic E-state index is -0.757. The van der Waals surface area contributed by atoms with Crippen molar-refractivity contribution in [2.24, 2.45) is 0 Å². The van der Waals surface area contributed by atoms with Crippen molar-refractivity contribution in [2.45, 2.75) is 6.92 Å². The number of pyridine rings is 1. The third-order valence-electron chi connectivity index (χ3n) is 3.15. The molecule has 0 aliphatic rings. The third-order valence-corrected chi connectivity index (χ3v) is 3.71. The van der Waals surface area contributed by atoms with Crippen molar-refractivity contribution >= 4 is 32.7 Å². The molecule has 1 aromatic carbocycles. The second-order valence-electron chi connectivity index (χ2n) is 4.70. The van der Waals surface area contributed by atoms with Gasteiger partial charge in [0.15, 0.2) is 0 Å². The van der Waals surface area contributed by atoms with E-state index in [4.69, 9.17) is 5.73 Å². The van der Waals surface area contributed by atoms with E-state index in [0.717, 1.165) is 6.07 Å². The van der Waals surface area contributed by atoms with E-state index in [9.17, 15) is 13.6 Å². The predicted octanol–water partition coefficient (Wildman–Crippen LogP) is 2.92. The maximum Gasteiger partial charge on any atom is 0.261 e. The number of nitrogens with one attached hydrogen (secondary N) is 1. The number of aromatic amines is 1. The molecule has 0 aliphatic heterocycles. The Hall–Kier alpha value is -2.35. The molecule has 5 nitrogen and oxygen atoms in total. The van der Waals surface area contributed by atoms with Gasteiger partial charge in [0.25, 0.3) is 5.56 Å². The largest absolute Gasteiger partial charge is 0.383 e. The Balaban J connectivity index is 2.34. The quantitative estimate of drug-likeness (QED) is 0.648. The van der Waals surface area contributed by atoms with Crippen molar-refractivity contribution in [3.05, 3.63) is 50.6 Å². The van der Waals surface area contributed by atoms with Crippen LogP contribution < -0.4 is 11.3 Å². The molecule has 0 fully saturated rings. The number of nitrogen functional groups attached to an aromatic ring is 1. The summed E-state index contributed by atoms with van der Waals surface area (Å²) in [4.78, 5) is 21.9. The van der Waals surface area contributed by atoms with Gasteiger partial charge < -0.3 is 10.7 Å². The molecular formula is C14H9BrF2N4O. The van der Waals surface area contributed by atoms with Gasteiger partial charge >= 0.3 is 0 Å². The molecule has 8 heteroatoms. The van der Waals surface area contributed by atoms with E-state index >= 15 is 0 Å². The van der Waals surface area contributed by atoms with Crippen LogP contribution in [0.2, 0.25) is 0 Å². The number of anilines is 1. The lowest BCUT2D eigenvalue weighted by atomic mass is 10.0. The van der Waals surface area contributed by atoms with Crippen LogP contribution in [0.3, 0.4) is 0 Å². The van der Waals surface area contributed by atoms with E-state index in [1.165, 1.54) is 12.1 Å². The van der Waals surface area contributed by atoms with Gasteiger partial charge in [0.05, 0.1) is 9.99 Å². The van der Waals surface area contributed by atoms with Gasteiger partial charge in [0, 0.05) is 5.56 Å². The van der Waals surface area contributed by atoms with Gasteiger partial charge in [-0.1, -0.05) is 0 Å². The van der Waals surface area contributed by atoms with Gasteiger partial charge in [0.1, 0.15) is 22.8 Å². The summed E-state index contributed by atoms with van der Waals surface area (Å²) >= 11 is 3.01. The molecule has 3 rings (SSSR count). The molecule has 0 saturated carbocycles. The van der Waals surface area contributed by atoms with Gasteiger partial charge in [-0.3, -0.25) is 4.79 Å². The van der Waals surface area contributed by atoms with E-state index in [1.807, 2.05) is 0 Å². The zero-order valence-electron chi connectivity index (χ0n) is 11.2. The molecule has 0 bridgehead atoms. The van der Waals surface area contributed by atoms with E-state index in [2.05, 4.69) is 30.9 Å². The Kier molecular flexibility index (Phi) is 3.40. The van der Waals surface area contributed by atoms with E-state index in [1.54, 1.807) is 6.92 Å². The standard InChI is InChI=1S/C14H9BrF2N4O/c1-5-19-10-3-6(2-9(16)11(10)14(22)20-5)7-4-8(15)12(17)21-13(7)18/h2-4H,1H3,(H2,18,21)(H,19,20,22). The fourth-order valence-corrected chi connectivity index (χ4v) is 2.52. The van der Waals surface area contributed by atoms with Crippen molar-refractivity contribution in [1.29, 1.82) is 0 Å². The summed E-state index contributed by atoms with van der Waals surface area (Å²) in [6.45, 7) is 1.59. The van der Waals surface area contributed by atoms with E-state index in [0.29, 0.717) is 17.0 Å². The third kappa shape index (κ3) is 2.35. The normalized spacial score (nSPS) is 11.1. The van der Waals surface area contributed by atoms with Crippen molar-refractivity contribution < 1.29 is 8.78 Å². The maximum atomic E-state index is 14.2. The number of nitrogens with zero attached hydrogens (tertiary/aromatic N) is 2. The molecule has 0 spiro atoms. The highest BCUT2D eigenvalue weighted by Crippen LogP contribution is 2.31. The summed E-state index contributed by atoms with van der Waals surface area (Å²) in [7, 11) is 0. The number of rotatable bonds is 1. The van der Waals surface area contributed by atoms with Crippen LogP contribution in [0.1, 0.15) is 5.82 Å². The predicted molar refractivity (Wildman–Crippen MR) is 82.4 cm³/mol. The van der Waals surface area contributed by atoms with Gasteiger partial charge in [0.2, 0.25) is 5.95 Å². The number of halogens is 3. The van der Waals surface area contributed by atoms with Gasteiger partial charge in [-0.2, -0.15) is 4.39 Å². The van der Waals surface area contributed by atoms with Crippen LogP contribution in [0.5, 0.6) is 0 Å². The summed E-state index contributed by atoms with van der Waals surface area (Å²) in [6, 6.07) is 4.06. The average molecular weight is 367 g/mol. The molecule has 0 unspecified atom stereocenters. The maximum absolute atomic E-state index is 14.2. The van der Waals surface area contributed by atoms with Crippen LogP contribution >= 0.6 is 15.9 Å². The van der Waals surface area contributed by atoms with Crippen molar-refractivity contribution in [3.63, 3.8) is 0 Å². The van der Waals surface area contributed by atoms with Crippen LogP contribution in [0.15, 0.2) is 27.5 Å². The number of aryl methyl sites for hydroxylation is 1. The Bertz CT molecular complexity index is 971. The SMILES string of the molecule is Cc1nc2cc(-c3cc(Br)c(F)nc3N)cc(F)c2c(=O)[nH]1. The zero-order valence-corrected chi connectivity index (χ0v) is 12.8. The van der Waals surface area contributed by atoms with Crippen LogP contribution in [0.4, 0.5) is 14.6 Å². The lowest BCUT2D eigenvalue weighted by Gasteiger charge is -2.08. The second kappa shape index (κ2) is 5.13. The first-order valence-corrected chi connectivity index (χ1v) is 6.98. The van der Waals surface area contributed by atoms with Crippen LogP contribution in [-0.4, -0.2) is 15.0 Å². The Morgan fingerprint density at radius 1 is 1.23 bits per heavy atom. The van der Waals surface area contributed by atoms with E-state index in [-0.39, 0.29) is 21.2 Å². The monoisotopic (exact) mass is 366 g/mol. The molecule has 0 aliphatic carbocycles. The number of H-pyrrole nitrogens is 1. The minimum absolute atomic E-state index is 0.0824. The van der Waals surface area contributed by atoms with Crippen LogP contribution in [-0.2, 0) is 0 Å². The topological polar surface area (TPSA) is 84.7 Å². The lowest BCUT2D eigenvalue weighted by molar-refractivity contribution is 0.579. The molecular weight excluding hydrogens is 358 g/mol. The smallest absolute Gasteiger partial charge is 0.261 e. The van der Waals surface area contributed by atoms with Gasteiger partial charge in [-0.15, -0.1) is 0 Å². The first-order valence-electron chi connectivity index (χ1n) is 6.19. The summed E-state index contributed by atoms with van der Waals surface area (Å²) in [5.74, 6) is -1.21. The highest BCUT2D eigenvalue weighted by molar-refractivity contribution is 9.10. The van der Waals surface area contributed by atoms with E-state index < -0.39 is 17.3 Å². The summed E-state index contributed by atoms with van der Waals surface area (Å²) in [5.41, 5.74) is 6.02. The second-order valence-corrected chi connectivity index (χ2v) is 5.55. The molecule has 2 heterocycles. The number of benzene rings is 1. The fourth-order valence-electron chi connectivity index (χ4n) is 2.21. The number of aromatic nitrogens is 3. The number of fused-ring (bicyclic) bond motifs is 1. The van der Waals surface area contributed by atoms with Crippen molar-refractivity contribution in [2.75, 3.05) is 5.73 Å². The van der Waals surface area contributed by atoms with Crippen LogP contribution in [0, 0.1) is 18.7 Å². The molecule has 3 aromatic rings. The highest BCUT2D eigenvalue weighted by Gasteiger charge is 2.14. The lowest BCUT2D eigenvalue weighted by Crippen LogP contribution is -2.11. The Labute approximate surface area is 131 Å². The van der Waals surface area contributed by atoms with Gasteiger partial charge in [-0.05, 0) is 46.6 Å². The Morgan fingerprint density at radius 3 is 2.68 bits per heavy atom. The molecule has 112 valence electrons. The number of hydrogen-bond donors (Lipinski definition) is 2.